The summed E-state index contributed by atoms with van der Waals surface area (Å²) in [7, 11) is 0. The van der Waals surface area contributed by atoms with E-state index in [4.69, 9.17) is 0 Å². The predicted octanol–water partition coefficient (Wildman–Crippen LogP) is -0.792. The van der Waals surface area contributed by atoms with Crippen molar-refractivity contribution in [3.05, 3.63) is 0 Å². The van der Waals surface area contributed by atoms with Gasteiger partial charge in [0.15, 0.2) is 0 Å². The van der Waals surface area contributed by atoms with Crippen molar-refractivity contribution in [2.75, 3.05) is 26.2 Å². The number of carbonyl (C=O) groups excluding carboxylic acids is 2. The Balaban J connectivity index is 1.46. The molecule has 0 bridgehead atoms. The lowest BCUT2D eigenvalue weighted by Crippen LogP contribution is -2.47. The highest BCUT2D eigenvalue weighted by atomic mass is 16.2. The van der Waals surface area contributed by atoms with Crippen molar-refractivity contribution in [1.29, 1.82) is 0 Å². The minimum Gasteiger partial charge on any atom is -0.350 e. The third-order valence-corrected chi connectivity index (χ3v) is 4.58. The van der Waals surface area contributed by atoms with Crippen molar-refractivity contribution in [3.63, 3.8) is 0 Å². The standard InChI is InChI=1S/C14H24N4O2/c19-13(11-3-1-6-15-11)17-10-5-8-18(9-10)14(20)12-4-2-7-16-12/h10-12,15-16H,1-9H2,(H,17,19)/t10?,11-,12?/m0/s1. The fraction of sp³-hybridized carbons (Fsp3) is 0.857. The number of nitrogens with one attached hydrogen (secondary N) is 3. The average Bonchev–Trinajstić information content (AvgIpc) is 3.19. The summed E-state index contributed by atoms with van der Waals surface area (Å²) < 4.78 is 0. The fourth-order valence-corrected chi connectivity index (χ4v) is 3.40. The monoisotopic (exact) mass is 280 g/mol. The molecule has 3 fully saturated rings. The Morgan fingerprint density at radius 3 is 2.35 bits per heavy atom. The van der Waals surface area contributed by atoms with Crippen LogP contribution in [0.25, 0.3) is 0 Å². The summed E-state index contributed by atoms with van der Waals surface area (Å²) in [5.41, 5.74) is 0. The van der Waals surface area contributed by atoms with Crippen LogP contribution >= 0.6 is 0 Å². The average molecular weight is 280 g/mol. The maximum Gasteiger partial charge on any atom is 0.239 e. The van der Waals surface area contributed by atoms with Crippen molar-refractivity contribution >= 4 is 11.8 Å². The van der Waals surface area contributed by atoms with Crippen LogP contribution < -0.4 is 16.0 Å². The molecule has 2 unspecified atom stereocenters. The van der Waals surface area contributed by atoms with E-state index in [-0.39, 0.29) is 29.9 Å². The summed E-state index contributed by atoms with van der Waals surface area (Å²) in [4.78, 5) is 26.2. The molecule has 0 aromatic heterocycles. The van der Waals surface area contributed by atoms with E-state index < -0.39 is 0 Å². The number of hydrogen-bond donors (Lipinski definition) is 3. The Hall–Kier alpha value is -1.14. The quantitative estimate of drug-likeness (QED) is 0.633. The lowest BCUT2D eigenvalue weighted by atomic mass is 10.2. The SMILES string of the molecule is O=C(NC1CCN(C(=O)C2CCCN2)C1)[C@@H]1CCCN1. The summed E-state index contributed by atoms with van der Waals surface area (Å²) >= 11 is 0. The van der Waals surface area contributed by atoms with Crippen LogP contribution in [0.15, 0.2) is 0 Å². The normalized spacial score (nSPS) is 33.6. The van der Waals surface area contributed by atoms with Crippen molar-refractivity contribution in [2.45, 2.75) is 50.2 Å². The number of rotatable bonds is 3. The van der Waals surface area contributed by atoms with Gasteiger partial charge in [-0.1, -0.05) is 0 Å². The first-order valence-electron chi connectivity index (χ1n) is 7.80. The molecular formula is C14H24N4O2. The molecule has 0 radical (unpaired) electrons. The zero-order chi connectivity index (χ0) is 13.9. The smallest absolute Gasteiger partial charge is 0.239 e. The fourth-order valence-electron chi connectivity index (χ4n) is 3.40. The van der Waals surface area contributed by atoms with Crippen molar-refractivity contribution in [2.24, 2.45) is 0 Å². The molecule has 112 valence electrons. The predicted molar refractivity (Wildman–Crippen MR) is 75.2 cm³/mol. The van der Waals surface area contributed by atoms with Crippen LogP contribution in [0, 0.1) is 0 Å². The molecule has 3 aliphatic rings. The van der Waals surface area contributed by atoms with Gasteiger partial charge < -0.3 is 20.9 Å². The number of likely N-dealkylation sites (tertiary alicyclic amines) is 1. The van der Waals surface area contributed by atoms with Crippen LogP contribution in [-0.2, 0) is 9.59 Å². The molecule has 3 rings (SSSR count). The van der Waals surface area contributed by atoms with Gasteiger partial charge in [0, 0.05) is 19.1 Å². The van der Waals surface area contributed by atoms with Gasteiger partial charge in [-0.05, 0) is 45.2 Å². The van der Waals surface area contributed by atoms with Gasteiger partial charge in [0.25, 0.3) is 0 Å². The van der Waals surface area contributed by atoms with E-state index in [1.807, 2.05) is 4.90 Å². The first-order chi connectivity index (χ1) is 9.74. The first kappa shape index (κ1) is 13.8. The highest BCUT2D eigenvalue weighted by Crippen LogP contribution is 2.15. The molecule has 6 nitrogen and oxygen atoms in total. The van der Waals surface area contributed by atoms with Gasteiger partial charge in [0.1, 0.15) is 0 Å². The van der Waals surface area contributed by atoms with E-state index in [1.54, 1.807) is 0 Å². The van der Waals surface area contributed by atoms with Crippen LogP contribution in [0.4, 0.5) is 0 Å². The van der Waals surface area contributed by atoms with Gasteiger partial charge >= 0.3 is 0 Å². The highest BCUT2D eigenvalue weighted by Gasteiger charge is 2.33. The molecule has 0 aliphatic carbocycles. The molecule has 0 aromatic rings. The Morgan fingerprint density at radius 1 is 1.00 bits per heavy atom. The Labute approximate surface area is 119 Å². The minimum absolute atomic E-state index is 0.000880. The third-order valence-electron chi connectivity index (χ3n) is 4.58. The zero-order valence-electron chi connectivity index (χ0n) is 11.9. The lowest BCUT2D eigenvalue weighted by Gasteiger charge is -2.21. The van der Waals surface area contributed by atoms with E-state index >= 15 is 0 Å². The molecular weight excluding hydrogens is 256 g/mol. The summed E-state index contributed by atoms with van der Waals surface area (Å²) in [6.07, 6.45) is 4.89. The van der Waals surface area contributed by atoms with Gasteiger partial charge in [0.05, 0.1) is 12.1 Å². The van der Waals surface area contributed by atoms with Crippen LogP contribution in [0.2, 0.25) is 0 Å². The van der Waals surface area contributed by atoms with Gasteiger partial charge in [0.2, 0.25) is 11.8 Å². The van der Waals surface area contributed by atoms with E-state index in [9.17, 15) is 9.59 Å². The Bertz CT molecular complexity index is 375. The topological polar surface area (TPSA) is 73.5 Å². The summed E-state index contributed by atoms with van der Waals surface area (Å²) in [5, 5.41) is 9.53. The third kappa shape index (κ3) is 2.96. The Kier molecular flexibility index (Phi) is 4.21. The number of carbonyl (C=O) groups is 2. The maximum absolute atomic E-state index is 12.3. The number of hydrogen-bond acceptors (Lipinski definition) is 4. The second kappa shape index (κ2) is 6.10. The van der Waals surface area contributed by atoms with E-state index in [1.165, 1.54) is 0 Å². The molecule has 6 heteroatoms. The molecule has 0 spiro atoms. The summed E-state index contributed by atoms with van der Waals surface area (Å²) in [6.45, 7) is 3.30. The number of nitrogens with zero attached hydrogens (tertiary/aromatic N) is 1. The van der Waals surface area contributed by atoms with Gasteiger partial charge in [-0.3, -0.25) is 9.59 Å². The molecule has 0 aromatic carbocycles. The zero-order valence-corrected chi connectivity index (χ0v) is 11.9. The summed E-state index contributed by atoms with van der Waals surface area (Å²) in [5.74, 6) is 0.305. The highest BCUT2D eigenvalue weighted by molar-refractivity contribution is 5.84. The van der Waals surface area contributed by atoms with Crippen LogP contribution in [0.3, 0.4) is 0 Å². The van der Waals surface area contributed by atoms with Gasteiger partial charge in [-0.2, -0.15) is 0 Å². The molecule has 20 heavy (non-hydrogen) atoms. The summed E-state index contributed by atoms with van der Waals surface area (Å²) in [6, 6.07) is 0.0902. The minimum atomic E-state index is -0.0312. The van der Waals surface area contributed by atoms with E-state index in [0.29, 0.717) is 6.54 Å². The van der Waals surface area contributed by atoms with Crippen LogP contribution in [0.1, 0.15) is 32.1 Å². The van der Waals surface area contributed by atoms with E-state index in [0.717, 1.165) is 51.7 Å². The molecule has 3 atom stereocenters. The van der Waals surface area contributed by atoms with Crippen LogP contribution in [0.5, 0.6) is 0 Å². The van der Waals surface area contributed by atoms with Gasteiger partial charge in [-0.15, -0.1) is 0 Å². The molecule has 3 saturated heterocycles. The number of amides is 2. The second-order valence-electron chi connectivity index (χ2n) is 6.08. The van der Waals surface area contributed by atoms with Crippen molar-refractivity contribution < 1.29 is 9.59 Å². The molecule has 3 N–H and O–H groups in total. The molecule has 3 aliphatic heterocycles. The Morgan fingerprint density at radius 2 is 1.70 bits per heavy atom. The molecule has 2 amide bonds. The largest absolute Gasteiger partial charge is 0.350 e. The van der Waals surface area contributed by atoms with Crippen molar-refractivity contribution in [1.82, 2.24) is 20.9 Å². The molecule has 3 heterocycles. The first-order valence-corrected chi connectivity index (χ1v) is 7.80. The maximum atomic E-state index is 12.3. The second-order valence-corrected chi connectivity index (χ2v) is 6.08. The van der Waals surface area contributed by atoms with Crippen molar-refractivity contribution in [3.8, 4) is 0 Å². The lowest BCUT2D eigenvalue weighted by molar-refractivity contribution is -0.132. The van der Waals surface area contributed by atoms with Gasteiger partial charge in [-0.25, -0.2) is 0 Å². The van der Waals surface area contributed by atoms with Crippen LogP contribution in [-0.4, -0.2) is 61.0 Å². The van der Waals surface area contributed by atoms with E-state index in [2.05, 4.69) is 16.0 Å². The molecule has 0 saturated carbocycles.